The first-order valence-electron chi connectivity index (χ1n) is 10.7. The smallest absolute Gasteiger partial charge is 0.223 e. The fraction of sp³-hybridized carbons (Fsp3) is 0.435. The maximum atomic E-state index is 12.7. The SMILES string of the molecule is Cc1sc2ncnc(N3CCC(C(=O)NCC4COc5ccccc5O4)CC3)c2c1C. The summed E-state index contributed by atoms with van der Waals surface area (Å²) in [5, 5.41) is 4.22. The van der Waals surface area contributed by atoms with Crippen LogP contribution in [0.3, 0.4) is 0 Å². The second kappa shape index (κ2) is 8.34. The van der Waals surface area contributed by atoms with Crippen LogP contribution in [0, 0.1) is 19.8 Å². The molecule has 4 heterocycles. The molecule has 8 heteroatoms. The van der Waals surface area contributed by atoms with Crippen molar-refractivity contribution in [3.05, 3.63) is 41.0 Å². The first-order valence-corrected chi connectivity index (χ1v) is 11.5. The van der Waals surface area contributed by atoms with E-state index in [9.17, 15) is 4.79 Å². The number of ether oxygens (including phenoxy) is 2. The number of aryl methyl sites for hydroxylation is 2. The largest absolute Gasteiger partial charge is 0.486 e. The van der Waals surface area contributed by atoms with E-state index in [-0.39, 0.29) is 17.9 Å². The normalized spacial score (nSPS) is 18.9. The molecule has 162 valence electrons. The number of carbonyl (C=O) groups is 1. The van der Waals surface area contributed by atoms with E-state index in [4.69, 9.17) is 9.47 Å². The van der Waals surface area contributed by atoms with Crippen molar-refractivity contribution in [3.63, 3.8) is 0 Å². The van der Waals surface area contributed by atoms with Gasteiger partial charge >= 0.3 is 0 Å². The van der Waals surface area contributed by atoms with E-state index < -0.39 is 0 Å². The van der Waals surface area contributed by atoms with E-state index in [1.54, 1.807) is 17.7 Å². The van der Waals surface area contributed by atoms with Crippen LogP contribution in [0.15, 0.2) is 30.6 Å². The summed E-state index contributed by atoms with van der Waals surface area (Å²) >= 11 is 1.71. The number of amides is 1. The van der Waals surface area contributed by atoms with Crippen molar-refractivity contribution in [2.75, 3.05) is 31.1 Å². The minimum atomic E-state index is -0.168. The molecule has 1 saturated heterocycles. The lowest BCUT2D eigenvalue weighted by Crippen LogP contribution is -2.45. The molecule has 2 aliphatic heterocycles. The lowest BCUT2D eigenvalue weighted by molar-refractivity contribution is -0.126. The highest BCUT2D eigenvalue weighted by Gasteiger charge is 2.28. The molecule has 31 heavy (non-hydrogen) atoms. The fourth-order valence-electron chi connectivity index (χ4n) is 4.28. The summed E-state index contributed by atoms with van der Waals surface area (Å²) in [6.45, 7) is 6.79. The number of aromatic nitrogens is 2. The summed E-state index contributed by atoms with van der Waals surface area (Å²) in [6.07, 6.45) is 3.10. The second-order valence-corrected chi connectivity index (χ2v) is 9.37. The van der Waals surface area contributed by atoms with Crippen LogP contribution in [0.5, 0.6) is 11.5 Å². The van der Waals surface area contributed by atoms with Gasteiger partial charge in [0, 0.05) is 23.9 Å². The highest BCUT2D eigenvalue weighted by atomic mass is 32.1. The Labute approximate surface area is 185 Å². The van der Waals surface area contributed by atoms with Crippen LogP contribution in [-0.2, 0) is 4.79 Å². The highest BCUT2D eigenvalue weighted by molar-refractivity contribution is 7.18. The van der Waals surface area contributed by atoms with Gasteiger partial charge < -0.3 is 19.7 Å². The van der Waals surface area contributed by atoms with Crippen molar-refractivity contribution in [1.82, 2.24) is 15.3 Å². The lowest BCUT2D eigenvalue weighted by atomic mass is 9.95. The average molecular weight is 439 g/mol. The second-order valence-electron chi connectivity index (χ2n) is 8.16. The molecule has 2 aromatic heterocycles. The predicted molar refractivity (Wildman–Crippen MR) is 121 cm³/mol. The van der Waals surface area contributed by atoms with Crippen LogP contribution < -0.4 is 19.7 Å². The Kier molecular flexibility index (Phi) is 5.40. The number of nitrogens with one attached hydrogen (secondary N) is 1. The third kappa shape index (κ3) is 3.92. The van der Waals surface area contributed by atoms with Gasteiger partial charge in [-0.1, -0.05) is 12.1 Å². The van der Waals surface area contributed by atoms with E-state index >= 15 is 0 Å². The number of anilines is 1. The minimum Gasteiger partial charge on any atom is -0.486 e. The minimum absolute atomic E-state index is 0.00989. The van der Waals surface area contributed by atoms with Crippen molar-refractivity contribution < 1.29 is 14.3 Å². The molecule has 1 N–H and O–H groups in total. The molecule has 5 rings (SSSR count). The third-order valence-electron chi connectivity index (χ3n) is 6.18. The van der Waals surface area contributed by atoms with Crippen molar-refractivity contribution in [3.8, 4) is 11.5 Å². The van der Waals surface area contributed by atoms with Crippen molar-refractivity contribution in [2.45, 2.75) is 32.8 Å². The fourth-order valence-corrected chi connectivity index (χ4v) is 5.27. The molecule has 2 aliphatic rings. The number of hydrogen-bond acceptors (Lipinski definition) is 7. The van der Waals surface area contributed by atoms with Gasteiger partial charge in [-0.15, -0.1) is 11.3 Å². The van der Waals surface area contributed by atoms with Gasteiger partial charge in [-0.05, 0) is 44.4 Å². The molecular weight excluding hydrogens is 412 g/mol. The molecule has 1 amide bonds. The van der Waals surface area contributed by atoms with Crippen LogP contribution in [0.2, 0.25) is 0 Å². The third-order valence-corrected chi connectivity index (χ3v) is 7.30. The summed E-state index contributed by atoms with van der Waals surface area (Å²) < 4.78 is 11.7. The molecule has 0 saturated carbocycles. The van der Waals surface area contributed by atoms with Crippen LogP contribution in [0.25, 0.3) is 10.2 Å². The van der Waals surface area contributed by atoms with Crippen LogP contribution in [-0.4, -0.2) is 48.2 Å². The molecule has 1 unspecified atom stereocenters. The zero-order valence-corrected chi connectivity index (χ0v) is 18.6. The molecule has 0 aliphatic carbocycles. The first kappa shape index (κ1) is 20.1. The number of para-hydroxylation sites is 2. The highest BCUT2D eigenvalue weighted by Crippen LogP contribution is 2.35. The van der Waals surface area contributed by atoms with Crippen molar-refractivity contribution in [2.24, 2.45) is 5.92 Å². The van der Waals surface area contributed by atoms with Gasteiger partial charge in [0.05, 0.1) is 11.9 Å². The number of rotatable bonds is 4. The van der Waals surface area contributed by atoms with Gasteiger partial charge in [0.1, 0.15) is 29.7 Å². The number of nitrogens with zero attached hydrogens (tertiary/aromatic N) is 3. The quantitative estimate of drug-likeness (QED) is 0.672. The first-order chi connectivity index (χ1) is 15.1. The van der Waals surface area contributed by atoms with E-state index in [0.717, 1.165) is 53.5 Å². The zero-order chi connectivity index (χ0) is 21.4. The molecule has 0 spiro atoms. The molecular formula is C23H26N4O3S. The Hall–Kier alpha value is -2.87. The molecule has 1 atom stereocenters. The van der Waals surface area contributed by atoms with Crippen molar-refractivity contribution in [1.29, 1.82) is 0 Å². The average Bonchev–Trinajstić information content (AvgIpc) is 3.11. The van der Waals surface area contributed by atoms with Gasteiger partial charge in [0.15, 0.2) is 11.5 Å². The molecule has 1 aromatic carbocycles. The number of benzene rings is 1. The van der Waals surface area contributed by atoms with Crippen LogP contribution >= 0.6 is 11.3 Å². The van der Waals surface area contributed by atoms with E-state index in [2.05, 4.69) is 34.0 Å². The topological polar surface area (TPSA) is 76.6 Å². The molecule has 0 radical (unpaired) electrons. The Bertz CT molecular complexity index is 1110. The number of piperidine rings is 1. The molecule has 7 nitrogen and oxygen atoms in total. The van der Waals surface area contributed by atoms with E-state index in [1.807, 2.05) is 24.3 Å². The summed E-state index contributed by atoms with van der Waals surface area (Å²) in [7, 11) is 0. The van der Waals surface area contributed by atoms with Gasteiger partial charge in [-0.3, -0.25) is 4.79 Å². The van der Waals surface area contributed by atoms with Gasteiger partial charge in [0.2, 0.25) is 5.91 Å². The maximum Gasteiger partial charge on any atom is 0.223 e. The van der Waals surface area contributed by atoms with Crippen LogP contribution in [0.1, 0.15) is 23.3 Å². The summed E-state index contributed by atoms with van der Waals surface area (Å²) in [4.78, 5) is 26.4. The molecule has 1 fully saturated rings. The standard InChI is InChI=1S/C23H26N4O3S/c1-14-15(2)31-23-20(14)21(25-13-26-23)27-9-7-16(8-10-27)22(28)24-11-17-12-29-18-5-3-4-6-19(18)30-17/h3-6,13,16-17H,7-12H2,1-2H3,(H,24,28). The number of carbonyl (C=O) groups excluding carboxylic acids is 1. The Morgan fingerprint density at radius 2 is 1.97 bits per heavy atom. The Morgan fingerprint density at radius 1 is 1.19 bits per heavy atom. The number of fused-ring (bicyclic) bond motifs is 2. The Morgan fingerprint density at radius 3 is 2.77 bits per heavy atom. The van der Waals surface area contributed by atoms with Gasteiger partial charge in [-0.2, -0.15) is 0 Å². The predicted octanol–water partition coefficient (Wildman–Crippen LogP) is 3.48. The van der Waals surface area contributed by atoms with E-state index in [1.165, 1.54) is 10.4 Å². The lowest BCUT2D eigenvalue weighted by Gasteiger charge is -2.33. The number of hydrogen-bond donors (Lipinski definition) is 1. The molecule has 3 aromatic rings. The van der Waals surface area contributed by atoms with Crippen molar-refractivity contribution >= 4 is 33.3 Å². The Balaban J connectivity index is 1.16. The molecule has 0 bridgehead atoms. The monoisotopic (exact) mass is 438 g/mol. The summed E-state index contributed by atoms with van der Waals surface area (Å²) in [5.74, 6) is 2.59. The van der Waals surface area contributed by atoms with Crippen LogP contribution in [0.4, 0.5) is 5.82 Å². The maximum absolute atomic E-state index is 12.7. The van der Waals surface area contributed by atoms with E-state index in [0.29, 0.717) is 13.2 Å². The zero-order valence-electron chi connectivity index (χ0n) is 17.8. The van der Waals surface area contributed by atoms with Gasteiger partial charge in [-0.25, -0.2) is 9.97 Å². The van der Waals surface area contributed by atoms with Gasteiger partial charge in [0.25, 0.3) is 0 Å². The summed E-state index contributed by atoms with van der Waals surface area (Å²) in [5.41, 5.74) is 1.26. The summed E-state index contributed by atoms with van der Waals surface area (Å²) in [6, 6.07) is 7.62. The number of thiophene rings is 1.